The van der Waals surface area contributed by atoms with Crippen LogP contribution in [0.15, 0.2) is 11.1 Å². The third kappa shape index (κ3) is 4.75. The zero-order valence-electron chi connectivity index (χ0n) is 13.2. The molecule has 8 heteroatoms. The summed E-state index contributed by atoms with van der Waals surface area (Å²) in [5.41, 5.74) is 0. The summed E-state index contributed by atoms with van der Waals surface area (Å²) in [5.74, 6) is 0.498. The molecule has 1 rings (SSSR count). The van der Waals surface area contributed by atoms with Crippen molar-refractivity contribution >= 4 is 15.2 Å². The molecule has 0 spiro atoms. The van der Waals surface area contributed by atoms with Gasteiger partial charge in [-0.05, 0) is 12.3 Å². The molecule has 0 unspecified atom stereocenters. The summed E-state index contributed by atoms with van der Waals surface area (Å²) in [6.45, 7) is 0. The van der Waals surface area contributed by atoms with E-state index >= 15 is 0 Å². The first-order chi connectivity index (χ1) is 9.95. The molecule has 1 aliphatic carbocycles. The van der Waals surface area contributed by atoms with Gasteiger partial charge in [-0.3, -0.25) is 9.13 Å². The fraction of sp³-hybridized carbons (Fsp3) is 0.846. The lowest BCUT2D eigenvalue weighted by Gasteiger charge is -2.24. The topological polar surface area (TPSA) is 71.1 Å². The predicted octanol–water partition coefficient (Wildman–Crippen LogP) is 4.77. The second-order valence-corrected chi connectivity index (χ2v) is 9.79. The van der Waals surface area contributed by atoms with Crippen LogP contribution in [0.25, 0.3) is 0 Å². The first-order valence-corrected chi connectivity index (χ1v) is 10.2. The van der Waals surface area contributed by atoms with Gasteiger partial charge >= 0.3 is 15.2 Å². The van der Waals surface area contributed by atoms with Crippen molar-refractivity contribution in [2.45, 2.75) is 38.5 Å². The lowest BCUT2D eigenvalue weighted by Crippen LogP contribution is -2.06. The Bertz CT molecular complexity index is 398. The van der Waals surface area contributed by atoms with Gasteiger partial charge in [-0.25, -0.2) is 0 Å². The summed E-state index contributed by atoms with van der Waals surface area (Å²) < 4.78 is 45.2. The third-order valence-electron chi connectivity index (χ3n) is 3.88. The molecule has 1 fully saturated rings. The van der Waals surface area contributed by atoms with Crippen LogP contribution in [0.3, 0.4) is 0 Å². The Kier molecular flexibility index (Phi) is 7.83. The molecule has 0 aromatic rings. The molecule has 1 saturated carbocycles. The molecule has 0 radical (unpaired) electrons. The molecule has 0 bridgehead atoms. The maximum absolute atomic E-state index is 12.6. The minimum Gasteiger partial charge on any atom is -0.308 e. The fourth-order valence-corrected chi connectivity index (χ4v) is 6.48. The van der Waals surface area contributed by atoms with E-state index in [1.165, 1.54) is 47.7 Å². The van der Waals surface area contributed by atoms with Crippen molar-refractivity contribution in [3.8, 4) is 0 Å². The van der Waals surface area contributed by atoms with Crippen LogP contribution < -0.4 is 0 Å². The molecule has 0 aromatic carbocycles. The van der Waals surface area contributed by atoms with Gasteiger partial charge in [-0.1, -0.05) is 38.2 Å². The van der Waals surface area contributed by atoms with Gasteiger partial charge in [0.2, 0.25) is 0 Å². The highest BCUT2D eigenvalue weighted by molar-refractivity contribution is 7.78. The van der Waals surface area contributed by atoms with E-state index in [2.05, 4.69) is 0 Å². The normalized spacial score (nSPS) is 17.7. The van der Waals surface area contributed by atoms with Crippen molar-refractivity contribution in [3.63, 3.8) is 0 Å². The van der Waals surface area contributed by atoms with Crippen LogP contribution in [0.4, 0.5) is 0 Å². The van der Waals surface area contributed by atoms with Gasteiger partial charge in [-0.2, -0.15) is 0 Å². The van der Waals surface area contributed by atoms with Crippen LogP contribution in [0.1, 0.15) is 38.5 Å². The Balaban J connectivity index is 3.06. The summed E-state index contributed by atoms with van der Waals surface area (Å²) in [6, 6.07) is 0. The molecule has 1 aliphatic rings. The molecule has 0 saturated heterocycles. The van der Waals surface area contributed by atoms with Crippen LogP contribution >= 0.6 is 15.2 Å². The highest BCUT2D eigenvalue weighted by atomic mass is 31.2. The summed E-state index contributed by atoms with van der Waals surface area (Å²) >= 11 is 0. The van der Waals surface area contributed by atoms with E-state index in [1.807, 2.05) is 0 Å². The second-order valence-electron chi connectivity index (χ2n) is 5.03. The number of allylic oxidation sites excluding steroid dienone is 1. The minimum atomic E-state index is -3.67. The smallest absolute Gasteiger partial charge is 0.308 e. The van der Waals surface area contributed by atoms with Crippen molar-refractivity contribution in [2.24, 2.45) is 5.92 Å². The van der Waals surface area contributed by atoms with Crippen LogP contribution in [0.2, 0.25) is 0 Å². The van der Waals surface area contributed by atoms with Gasteiger partial charge in [0, 0.05) is 28.4 Å². The molecule has 0 aromatic heterocycles. The van der Waals surface area contributed by atoms with E-state index in [-0.39, 0.29) is 5.06 Å². The number of rotatable bonds is 8. The van der Waals surface area contributed by atoms with Crippen molar-refractivity contribution in [2.75, 3.05) is 28.4 Å². The van der Waals surface area contributed by atoms with E-state index in [4.69, 9.17) is 18.1 Å². The maximum atomic E-state index is 12.6. The molecular formula is C13H26O6P2. The Hall–Kier alpha value is 0.0400. The Morgan fingerprint density at radius 3 is 1.71 bits per heavy atom. The molecule has 0 aliphatic heterocycles. The Morgan fingerprint density at radius 2 is 1.33 bits per heavy atom. The lowest BCUT2D eigenvalue weighted by atomic mass is 9.87. The van der Waals surface area contributed by atoms with E-state index < -0.39 is 15.2 Å². The monoisotopic (exact) mass is 340 g/mol. The van der Waals surface area contributed by atoms with Crippen molar-refractivity contribution in [1.29, 1.82) is 0 Å². The standard InChI is InChI=1S/C13H26O6P2/c1-16-20(14,17-2)13(21(15,18-3)19-4)11-10-12-8-6-5-7-9-12/h11-12H,5-10H2,1-4H3. The fourth-order valence-electron chi connectivity index (χ4n) is 2.59. The largest absolute Gasteiger partial charge is 0.368 e. The Morgan fingerprint density at radius 1 is 0.905 bits per heavy atom. The maximum Gasteiger partial charge on any atom is 0.368 e. The molecule has 6 nitrogen and oxygen atoms in total. The minimum absolute atomic E-state index is 0.00410. The first kappa shape index (κ1) is 19.1. The molecule has 0 N–H and O–H groups in total. The molecule has 21 heavy (non-hydrogen) atoms. The second kappa shape index (κ2) is 8.61. The highest BCUT2D eigenvalue weighted by Crippen LogP contribution is 2.73. The third-order valence-corrected chi connectivity index (χ3v) is 8.76. The molecule has 0 amide bonds. The summed E-state index contributed by atoms with van der Waals surface area (Å²) in [7, 11) is -2.30. The first-order valence-electron chi connectivity index (χ1n) is 7.10. The average Bonchev–Trinajstić information content (AvgIpc) is 2.55. The Labute approximate surface area is 127 Å². The zero-order chi connectivity index (χ0) is 15.9. The summed E-state index contributed by atoms with van der Waals surface area (Å²) in [6.07, 6.45) is 8.24. The molecule has 0 atom stereocenters. The van der Waals surface area contributed by atoms with Crippen LogP contribution in [0, 0.1) is 5.92 Å². The summed E-state index contributed by atoms with van der Waals surface area (Å²) in [5, 5.41) is -0.00410. The van der Waals surface area contributed by atoms with Crippen molar-refractivity contribution < 1.29 is 27.2 Å². The van der Waals surface area contributed by atoms with Crippen LogP contribution in [-0.2, 0) is 27.2 Å². The van der Waals surface area contributed by atoms with E-state index in [1.54, 1.807) is 6.08 Å². The predicted molar refractivity (Wildman–Crippen MR) is 82.5 cm³/mol. The van der Waals surface area contributed by atoms with Crippen LogP contribution in [0.5, 0.6) is 0 Å². The molecular weight excluding hydrogens is 314 g/mol. The van der Waals surface area contributed by atoms with Gasteiger partial charge in [0.15, 0.2) is 0 Å². The highest BCUT2D eigenvalue weighted by Gasteiger charge is 2.43. The van der Waals surface area contributed by atoms with Gasteiger partial charge < -0.3 is 18.1 Å². The average molecular weight is 340 g/mol. The van der Waals surface area contributed by atoms with Gasteiger partial charge in [0.1, 0.15) is 5.06 Å². The summed E-state index contributed by atoms with van der Waals surface area (Å²) in [4.78, 5) is 0. The van der Waals surface area contributed by atoms with Gasteiger partial charge in [0.05, 0.1) is 0 Å². The van der Waals surface area contributed by atoms with E-state index in [0.29, 0.717) is 12.3 Å². The van der Waals surface area contributed by atoms with Gasteiger partial charge in [0.25, 0.3) is 0 Å². The lowest BCUT2D eigenvalue weighted by molar-refractivity contribution is 0.268. The molecule has 124 valence electrons. The van der Waals surface area contributed by atoms with E-state index in [9.17, 15) is 9.13 Å². The quantitative estimate of drug-likeness (QED) is 0.593. The SMILES string of the molecule is COP(=O)(OC)C(=CCC1CCCCC1)P(=O)(OC)OC. The number of hydrogen-bond donors (Lipinski definition) is 0. The number of hydrogen-bond acceptors (Lipinski definition) is 6. The van der Waals surface area contributed by atoms with Crippen molar-refractivity contribution in [1.82, 2.24) is 0 Å². The van der Waals surface area contributed by atoms with Gasteiger partial charge in [-0.15, -0.1) is 0 Å². The van der Waals surface area contributed by atoms with Crippen molar-refractivity contribution in [3.05, 3.63) is 11.1 Å². The molecule has 0 heterocycles. The van der Waals surface area contributed by atoms with E-state index in [0.717, 1.165) is 12.8 Å². The zero-order valence-corrected chi connectivity index (χ0v) is 15.0. The van der Waals surface area contributed by atoms with Crippen LogP contribution in [-0.4, -0.2) is 28.4 Å².